The van der Waals surface area contributed by atoms with E-state index in [0.29, 0.717) is 34.0 Å². The average Bonchev–Trinajstić information content (AvgIpc) is 3.40. The standard InChI is InChI=1S/C31H31N5O3S2/c1-20-13-16-40-28(20)26-17-24-18-33-31(34-25-9-7-21(8-10-25)22-11-14-32-15-12-22)35-29(24)36(30(26)37)19-23-5-3-4-6-27(23)41(2,38)39/h3-10,13,16-18,22,32H,11-12,14-15,19H2,1-2H3,(H,33,34,35). The molecule has 8 nitrogen and oxygen atoms in total. The van der Waals surface area contributed by atoms with Gasteiger partial charge in [-0.25, -0.2) is 13.4 Å². The van der Waals surface area contributed by atoms with Gasteiger partial charge >= 0.3 is 0 Å². The minimum Gasteiger partial charge on any atom is -0.324 e. The van der Waals surface area contributed by atoms with E-state index in [1.54, 1.807) is 35.0 Å². The normalized spacial score (nSPS) is 14.4. The number of fused-ring (bicyclic) bond motifs is 1. The van der Waals surface area contributed by atoms with Crippen LogP contribution in [-0.2, 0) is 16.4 Å². The Hall–Kier alpha value is -3.86. The van der Waals surface area contributed by atoms with Crippen molar-refractivity contribution in [1.82, 2.24) is 19.9 Å². The fraction of sp³-hybridized carbons (Fsp3) is 0.258. The van der Waals surface area contributed by atoms with Gasteiger partial charge in [0.05, 0.1) is 17.0 Å². The van der Waals surface area contributed by atoms with Crippen molar-refractivity contribution in [3.8, 4) is 10.4 Å². The molecule has 0 saturated carbocycles. The first-order valence-electron chi connectivity index (χ1n) is 13.6. The molecule has 1 fully saturated rings. The third kappa shape index (κ3) is 5.68. The molecule has 0 spiro atoms. The van der Waals surface area contributed by atoms with Crippen LogP contribution in [0.15, 0.2) is 81.9 Å². The number of nitrogens with one attached hydrogen (secondary N) is 2. The quantitative estimate of drug-likeness (QED) is 0.260. The molecule has 0 bridgehead atoms. The highest BCUT2D eigenvalue weighted by atomic mass is 32.2. The second-order valence-corrected chi connectivity index (χ2v) is 13.4. The van der Waals surface area contributed by atoms with Crippen LogP contribution in [0, 0.1) is 6.92 Å². The third-order valence-electron chi connectivity index (χ3n) is 7.61. The van der Waals surface area contributed by atoms with Crippen LogP contribution < -0.4 is 16.2 Å². The maximum Gasteiger partial charge on any atom is 0.261 e. The number of aromatic nitrogens is 3. The molecule has 0 unspecified atom stereocenters. The number of aryl methyl sites for hydroxylation is 1. The Labute approximate surface area is 243 Å². The molecule has 10 heteroatoms. The summed E-state index contributed by atoms with van der Waals surface area (Å²) in [6.07, 6.45) is 5.15. The van der Waals surface area contributed by atoms with Gasteiger partial charge in [0.2, 0.25) is 5.95 Å². The van der Waals surface area contributed by atoms with Gasteiger partial charge in [0.1, 0.15) is 5.65 Å². The van der Waals surface area contributed by atoms with Crippen molar-refractivity contribution in [2.45, 2.75) is 37.1 Å². The minimum atomic E-state index is -3.50. The lowest BCUT2D eigenvalue weighted by molar-refractivity contribution is 0.460. The molecule has 1 saturated heterocycles. The number of rotatable bonds is 7. The van der Waals surface area contributed by atoms with Crippen LogP contribution in [0.2, 0.25) is 0 Å². The van der Waals surface area contributed by atoms with Gasteiger partial charge in [-0.05, 0) is 91.2 Å². The van der Waals surface area contributed by atoms with E-state index in [-0.39, 0.29) is 17.0 Å². The van der Waals surface area contributed by atoms with Crippen LogP contribution in [0.25, 0.3) is 21.5 Å². The lowest BCUT2D eigenvalue weighted by atomic mass is 9.90. The first-order chi connectivity index (χ1) is 19.8. The van der Waals surface area contributed by atoms with Gasteiger partial charge in [-0.3, -0.25) is 9.36 Å². The first kappa shape index (κ1) is 27.3. The molecule has 41 heavy (non-hydrogen) atoms. The van der Waals surface area contributed by atoms with Crippen molar-refractivity contribution in [3.05, 3.63) is 99.3 Å². The van der Waals surface area contributed by atoms with Gasteiger partial charge in [-0.15, -0.1) is 11.3 Å². The van der Waals surface area contributed by atoms with Gasteiger partial charge in [-0.2, -0.15) is 4.98 Å². The largest absolute Gasteiger partial charge is 0.324 e. The molecule has 6 rings (SSSR count). The molecular weight excluding hydrogens is 555 g/mol. The smallest absolute Gasteiger partial charge is 0.261 e. The number of piperidine rings is 1. The number of benzene rings is 2. The number of anilines is 2. The summed E-state index contributed by atoms with van der Waals surface area (Å²) in [5.74, 6) is 0.921. The van der Waals surface area contributed by atoms with E-state index in [9.17, 15) is 13.2 Å². The maximum atomic E-state index is 14.0. The molecular formula is C31H31N5O3S2. The molecule has 210 valence electrons. The summed E-state index contributed by atoms with van der Waals surface area (Å²) in [7, 11) is -3.50. The topological polar surface area (TPSA) is 106 Å². The molecule has 0 atom stereocenters. The number of nitrogens with zero attached hydrogens (tertiary/aromatic N) is 3. The van der Waals surface area contributed by atoms with Crippen LogP contribution in [-0.4, -0.2) is 42.3 Å². The minimum absolute atomic E-state index is 0.0538. The Morgan fingerprint density at radius 3 is 2.54 bits per heavy atom. The van der Waals surface area contributed by atoms with Crippen molar-refractivity contribution in [1.29, 1.82) is 0 Å². The highest BCUT2D eigenvalue weighted by Gasteiger charge is 2.19. The molecule has 4 heterocycles. The first-order valence-corrected chi connectivity index (χ1v) is 16.4. The van der Waals surface area contributed by atoms with Crippen LogP contribution in [0.4, 0.5) is 11.6 Å². The molecule has 0 radical (unpaired) electrons. The van der Waals surface area contributed by atoms with Crippen LogP contribution in [0.1, 0.15) is 35.4 Å². The molecule has 1 aliphatic heterocycles. The number of hydrogen-bond acceptors (Lipinski definition) is 8. The van der Waals surface area contributed by atoms with Crippen molar-refractivity contribution in [2.24, 2.45) is 0 Å². The fourth-order valence-corrected chi connectivity index (χ4v) is 7.34. The van der Waals surface area contributed by atoms with Gasteiger partial charge in [0.25, 0.3) is 5.56 Å². The number of sulfone groups is 1. The van der Waals surface area contributed by atoms with E-state index in [1.165, 1.54) is 23.2 Å². The zero-order valence-corrected chi connectivity index (χ0v) is 24.6. The van der Waals surface area contributed by atoms with E-state index in [2.05, 4.69) is 27.8 Å². The lowest BCUT2D eigenvalue weighted by Crippen LogP contribution is -2.26. The fourth-order valence-electron chi connectivity index (χ4n) is 5.47. The van der Waals surface area contributed by atoms with Gasteiger partial charge in [0.15, 0.2) is 9.84 Å². The summed E-state index contributed by atoms with van der Waals surface area (Å²) < 4.78 is 26.7. The number of thiophene rings is 1. The average molecular weight is 586 g/mol. The second kappa shape index (κ2) is 11.2. The zero-order valence-electron chi connectivity index (χ0n) is 22.9. The maximum absolute atomic E-state index is 14.0. The van der Waals surface area contributed by atoms with Crippen LogP contribution in [0.5, 0.6) is 0 Å². The zero-order chi connectivity index (χ0) is 28.6. The van der Waals surface area contributed by atoms with Crippen molar-refractivity contribution < 1.29 is 8.42 Å². The monoisotopic (exact) mass is 585 g/mol. The van der Waals surface area contributed by atoms with E-state index in [0.717, 1.165) is 42.1 Å². The van der Waals surface area contributed by atoms with Crippen LogP contribution in [0.3, 0.4) is 0 Å². The van der Waals surface area contributed by atoms with Gasteiger partial charge in [-0.1, -0.05) is 30.3 Å². The number of hydrogen-bond donors (Lipinski definition) is 2. The molecule has 2 aromatic carbocycles. The summed E-state index contributed by atoms with van der Waals surface area (Å²) in [6, 6.07) is 18.9. The third-order valence-corrected chi connectivity index (χ3v) is 9.86. The van der Waals surface area contributed by atoms with Crippen molar-refractivity contribution >= 4 is 43.8 Å². The Morgan fingerprint density at radius 1 is 1.07 bits per heavy atom. The molecule has 5 aromatic rings. The van der Waals surface area contributed by atoms with E-state index < -0.39 is 9.84 Å². The van der Waals surface area contributed by atoms with Crippen molar-refractivity contribution in [3.63, 3.8) is 0 Å². The summed E-state index contributed by atoms with van der Waals surface area (Å²) in [4.78, 5) is 24.4. The van der Waals surface area contributed by atoms with E-state index in [1.807, 2.05) is 36.6 Å². The molecule has 3 aromatic heterocycles. The highest BCUT2D eigenvalue weighted by Crippen LogP contribution is 2.30. The Morgan fingerprint density at radius 2 is 1.83 bits per heavy atom. The molecule has 0 aliphatic carbocycles. The summed E-state index contributed by atoms with van der Waals surface area (Å²) in [5, 5.41) is 9.34. The molecule has 1 aliphatic rings. The van der Waals surface area contributed by atoms with Crippen molar-refractivity contribution in [2.75, 3.05) is 24.7 Å². The second-order valence-electron chi connectivity index (χ2n) is 10.5. The lowest BCUT2D eigenvalue weighted by Gasteiger charge is -2.23. The predicted molar refractivity (Wildman–Crippen MR) is 165 cm³/mol. The molecule has 2 N–H and O–H groups in total. The Bertz CT molecular complexity index is 1890. The summed E-state index contributed by atoms with van der Waals surface area (Å²) in [6.45, 7) is 4.11. The van der Waals surface area contributed by atoms with E-state index in [4.69, 9.17) is 4.98 Å². The van der Waals surface area contributed by atoms with Gasteiger partial charge < -0.3 is 10.6 Å². The number of pyridine rings is 1. The SMILES string of the molecule is Cc1ccsc1-c1cc2cnc(Nc3ccc(C4CCNCC4)cc3)nc2n(Cc2ccccc2S(C)(=O)=O)c1=O. The summed E-state index contributed by atoms with van der Waals surface area (Å²) in [5.41, 5.74) is 4.44. The Kier molecular flexibility index (Phi) is 7.46. The van der Waals surface area contributed by atoms with Gasteiger partial charge in [0, 0.05) is 28.4 Å². The van der Waals surface area contributed by atoms with Crippen LogP contribution >= 0.6 is 11.3 Å². The Balaban J connectivity index is 1.42. The van der Waals surface area contributed by atoms with E-state index >= 15 is 0 Å². The molecule has 0 amide bonds. The predicted octanol–water partition coefficient (Wildman–Crippen LogP) is 5.49. The highest BCUT2D eigenvalue weighted by molar-refractivity contribution is 7.90. The summed E-state index contributed by atoms with van der Waals surface area (Å²) >= 11 is 1.50.